The SMILES string of the molecule is COc1ccc(N)c(C(=O)Nc2cccc(C(F)(F)F)c2)c1. The summed E-state index contributed by atoms with van der Waals surface area (Å²) < 4.78 is 42.9. The van der Waals surface area contributed by atoms with Gasteiger partial charge in [-0.3, -0.25) is 4.79 Å². The van der Waals surface area contributed by atoms with Gasteiger partial charge in [0.05, 0.1) is 18.2 Å². The van der Waals surface area contributed by atoms with Gasteiger partial charge < -0.3 is 15.8 Å². The number of ether oxygens (including phenoxy) is 1. The molecule has 1 amide bonds. The number of rotatable bonds is 3. The van der Waals surface area contributed by atoms with E-state index in [2.05, 4.69) is 5.32 Å². The van der Waals surface area contributed by atoms with E-state index in [0.29, 0.717) is 5.75 Å². The van der Waals surface area contributed by atoms with E-state index in [1.165, 1.54) is 31.4 Å². The second-order valence-electron chi connectivity index (χ2n) is 4.49. The van der Waals surface area contributed by atoms with Crippen LogP contribution >= 0.6 is 0 Å². The summed E-state index contributed by atoms with van der Waals surface area (Å²) in [6, 6.07) is 8.84. The molecule has 0 saturated carbocycles. The minimum Gasteiger partial charge on any atom is -0.497 e. The number of hydrogen-bond donors (Lipinski definition) is 2. The summed E-state index contributed by atoms with van der Waals surface area (Å²) in [7, 11) is 1.43. The average Bonchev–Trinajstić information content (AvgIpc) is 2.47. The van der Waals surface area contributed by atoms with E-state index in [-0.39, 0.29) is 16.9 Å². The Morgan fingerprint density at radius 3 is 2.55 bits per heavy atom. The Balaban J connectivity index is 2.26. The molecule has 0 radical (unpaired) electrons. The fourth-order valence-electron chi connectivity index (χ4n) is 1.83. The van der Waals surface area contributed by atoms with Crippen LogP contribution in [-0.4, -0.2) is 13.0 Å². The topological polar surface area (TPSA) is 64.3 Å². The lowest BCUT2D eigenvalue weighted by Gasteiger charge is -2.11. The molecule has 116 valence electrons. The second-order valence-corrected chi connectivity index (χ2v) is 4.49. The van der Waals surface area contributed by atoms with Crippen molar-refractivity contribution in [3.63, 3.8) is 0 Å². The van der Waals surface area contributed by atoms with Gasteiger partial charge in [-0.25, -0.2) is 0 Å². The minimum absolute atomic E-state index is 0.0297. The first-order chi connectivity index (χ1) is 10.3. The molecule has 7 heteroatoms. The van der Waals surface area contributed by atoms with Crippen molar-refractivity contribution in [1.82, 2.24) is 0 Å². The largest absolute Gasteiger partial charge is 0.497 e. The normalized spacial score (nSPS) is 11.1. The van der Waals surface area contributed by atoms with Crippen molar-refractivity contribution < 1.29 is 22.7 Å². The van der Waals surface area contributed by atoms with Crippen LogP contribution in [0.25, 0.3) is 0 Å². The number of nitrogens with two attached hydrogens (primary N) is 1. The number of nitrogens with one attached hydrogen (secondary N) is 1. The van der Waals surface area contributed by atoms with Gasteiger partial charge in [0.1, 0.15) is 5.75 Å². The zero-order chi connectivity index (χ0) is 16.3. The van der Waals surface area contributed by atoms with Gasteiger partial charge in [-0.15, -0.1) is 0 Å². The van der Waals surface area contributed by atoms with E-state index >= 15 is 0 Å². The Kier molecular flexibility index (Phi) is 4.25. The van der Waals surface area contributed by atoms with Crippen molar-refractivity contribution in [2.75, 3.05) is 18.2 Å². The average molecular weight is 310 g/mol. The standard InChI is InChI=1S/C15H13F3N2O2/c1-22-11-5-6-13(19)12(8-11)14(21)20-10-4-2-3-9(7-10)15(16,17)18/h2-8H,19H2,1H3,(H,20,21). The quantitative estimate of drug-likeness (QED) is 0.852. The molecule has 0 unspecified atom stereocenters. The summed E-state index contributed by atoms with van der Waals surface area (Å²) in [4.78, 5) is 12.1. The summed E-state index contributed by atoms with van der Waals surface area (Å²) in [6.45, 7) is 0. The number of hydrogen-bond acceptors (Lipinski definition) is 3. The van der Waals surface area contributed by atoms with Crippen molar-refractivity contribution in [2.24, 2.45) is 0 Å². The van der Waals surface area contributed by atoms with Gasteiger partial charge in [-0.05, 0) is 36.4 Å². The zero-order valence-corrected chi connectivity index (χ0v) is 11.6. The van der Waals surface area contributed by atoms with E-state index in [1.807, 2.05) is 0 Å². The molecule has 0 heterocycles. The van der Waals surface area contributed by atoms with Crippen molar-refractivity contribution in [3.05, 3.63) is 53.6 Å². The molecule has 0 aromatic heterocycles. The van der Waals surface area contributed by atoms with Crippen LogP contribution in [0.3, 0.4) is 0 Å². The molecule has 0 fully saturated rings. The lowest BCUT2D eigenvalue weighted by molar-refractivity contribution is -0.137. The molecule has 0 spiro atoms. The van der Waals surface area contributed by atoms with Crippen LogP contribution in [0.5, 0.6) is 5.75 Å². The molecule has 0 atom stereocenters. The monoisotopic (exact) mass is 310 g/mol. The van der Waals surface area contributed by atoms with Crippen molar-refractivity contribution >= 4 is 17.3 Å². The Bertz CT molecular complexity index is 699. The Labute approximate surface area is 124 Å². The molecule has 2 aromatic carbocycles. The van der Waals surface area contributed by atoms with Gasteiger partial charge in [0.25, 0.3) is 5.91 Å². The van der Waals surface area contributed by atoms with Gasteiger partial charge in [-0.1, -0.05) is 6.07 Å². The maximum absolute atomic E-state index is 12.6. The molecule has 0 aliphatic rings. The molecule has 0 aliphatic heterocycles. The fraction of sp³-hybridized carbons (Fsp3) is 0.133. The van der Waals surface area contributed by atoms with Gasteiger partial charge >= 0.3 is 6.18 Å². The predicted molar refractivity (Wildman–Crippen MR) is 76.8 cm³/mol. The van der Waals surface area contributed by atoms with Crippen LogP contribution in [0.4, 0.5) is 24.5 Å². The first kappa shape index (κ1) is 15.7. The van der Waals surface area contributed by atoms with Gasteiger partial charge in [-0.2, -0.15) is 13.2 Å². The molecular weight excluding hydrogens is 297 g/mol. The van der Waals surface area contributed by atoms with Crippen LogP contribution < -0.4 is 15.8 Å². The first-order valence-corrected chi connectivity index (χ1v) is 6.23. The Morgan fingerprint density at radius 2 is 1.91 bits per heavy atom. The van der Waals surface area contributed by atoms with Gasteiger partial charge in [0.2, 0.25) is 0 Å². The number of carbonyl (C=O) groups excluding carboxylic acids is 1. The molecule has 0 saturated heterocycles. The summed E-state index contributed by atoms with van der Waals surface area (Å²) in [5.74, 6) is -0.195. The van der Waals surface area contributed by atoms with E-state index in [0.717, 1.165) is 12.1 Å². The van der Waals surface area contributed by atoms with Crippen LogP contribution in [-0.2, 0) is 6.18 Å². The molecule has 2 rings (SSSR count). The molecule has 2 aromatic rings. The van der Waals surface area contributed by atoms with Gasteiger partial charge in [0, 0.05) is 11.4 Å². The number of alkyl halides is 3. The number of benzene rings is 2. The van der Waals surface area contributed by atoms with Crippen LogP contribution in [0.2, 0.25) is 0 Å². The number of anilines is 2. The molecule has 0 bridgehead atoms. The van der Waals surface area contributed by atoms with Crippen LogP contribution in [0, 0.1) is 0 Å². The fourth-order valence-corrected chi connectivity index (χ4v) is 1.83. The summed E-state index contributed by atoms with van der Waals surface area (Å²) in [5.41, 5.74) is 5.21. The molecular formula is C15H13F3N2O2. The zero-order valence-electron chi connectivity index (χ0n) is 11.6. The number of amides is 1. The van der Waals surface area contributed by atoms with Crippen LogP contribution in [0.1, 0.15) is 15.9 Å². The highest BCUT2D eigenvalue weighted by atomic mass is 19.4. The minimum atomic E-state index is -4.48. The molecule has 22 heavy (non-hydrogen) atoms. The van der Waals surface area contributed by atoms with Crippen LogP contribution in [0.15, 0.2) is 42.5 Å². The summed E-state index contributed by atoms with van der Waals surface area (Å²) in [5, 5.41) is 2.39. The third-order valence-electron chi connectivity index (χ3n) is 2.95. The van der Waals surface area contributed by atoms with E-state index in [1.54, 1.807) is 6.07 Å². The van der Waals surface area contributed by atoms with Crippen molar-refractivity contribution in [2.45, 2.75) is 6.18 Å². The molecule has 0 aliphatic carbocycles. The smallest absolute Gasteiger partial charge is 0.416 e. The molecule has 3 N–H and O–H groups in total. The van der Waals surface area contributed by atoms with E-state index in [4.69, 9.17) is 10.5 Å². The number of carbonyl (C=O) groups is 1. The predicted octanol–water partition coefficient (Wildman–Crippen LogP) is 3.55. The van der Waals surface area contributed by atoms with Crippen molar-refractivity contribution in [3.8, 4) is 5.75 Å². The number of nitrogen functional groups attached to an aromatic ring is 1. The summed E-state index contributed by atoms with van der Waals surface area (Å²) in [6.07, 6.45) is -4.48. The lowest BCUT2D eigenvalue weighted by atomic mass is 10.1. The van der Waals surface area contributed by atoms with Gasteiger partial charge in [0.15, 0.2) is 0 Å². The Hall–Kier alpha value is -2.70. The second kappa shape index (κ2) is 5.97. The first-order valence-electron chi connectivity index (χ1n) is 6.23. The third kappa shape index (κ3) is 3.49. The van der Waals surface area contributed by atoms with E-state index in [9.17, 15) is 18.0 Å². The Morgan fingerprint density at radius 1 is 1.18 bits per heavy atom. The highest BCUT2D eigenvalue weighted by Gasteiger charge is 2.30. The summed E-state index contributed by atoms with van der Waals surface area (Å²) >= 11 is 0. The van der Waals surface area contributed by atoms with Crippen molar-refractivity contribution in [1.29, 1.82) is 0 Å². The maximum atomic E-state index is 12.6. The highest BCUT2D eigenvalue weighted by Crippen LogP contribution is 2.31. The highest BCUT2D eigenvalue weighted by molar-refractivity contribution is 6.08. The third-order valence-corrected chi connectivity index (χ3v) is 2.95. The van der Waals surface area contributed by atoms with E-state index < -0.39 is 17.6 Å². The number of methoxy groups -OCH3 is 1. The maximum Gasteiger partial charge on any atom is 0.416 e. The lowest BCUT2D eigenvalue weighted by Crippen LogP contribution is -2.15. The molecule has 4 nitrogen and oxygen atoms in total. The number of halogens is 3.